The van der Waals surface area contributed by atoms with E-state index in [0.29, 0.717) is 5.02 Å². The average molecular weight is 184 g/mol. The maximum absolute atomic E-state index is 8.68. The van der Waals surface area contributed by atoms with Crippen molar-refractivity contribution in [3.8, 4) is 0 Å². The molecular formula is C8H10BClO2. The Hall–Kier alpha value is -0.505. The summed E-state index contributed by atoms with van der Waals surface area (Å²) in [6.45, 7) is 1.90. The van der Waals surface area contributed by atoms with Gasteiger partial charge in [0.2, 0.25) is 0 Å². The molecule has 0 heterocycles. The zero-order valence-corrected chi connectivity index (χ0v) is 7.54. The molecule has 0 aliphatic heterocycles. The van der Waals surface area contributed by atoms with Gasteiger partial charge in [-0.3, -0.25) is 0 Å². The number of halogens is 1. The molecule has 1 rings (SSSR count). The van der Waals surface area contributed by atoms with Crippen LogP contribution in [0.3, 0.4) is 0 Å². The number of hydrogen-bond donors (Lipinski definition) is 2. The molecule has 0 spiro atoms. The molecule has 1 aromatic carbocycles. The summed E-state index contributed by atoms with van der Waals surface area (Å²) in [5, 5.41) is 18.0. The van der Waals surface area contributed by atoms with Crippen LogP contribution < -0.4 is 0 Å². The van der Waals surface area contributed by atoms with Gasteiger partial charge < -0.3 is 10.0 Å². The van der Waals surface area contributed by atoms with E-state index in [0.717, 1.165) is 11.1 Å². The van der Waals surface area contributed by atoms with Crippen molar-refractivity contribution in [2.24, 2.45) is 0 Å². The molecule has 0 unspecified atom stereocenters. The van der Waals surface area contributed by atoms with Gasteiger partial charge in [-0.1, -0.05) is 23.7 Å². The number of hydrogen-bond acceptors (Lipinski definition) is 2. The summed E-state index contributed by atoms with van der Waals surface area (Å²) in [4.78, 5) is 0. The number of rotatable bonds is 2. The second-order valence-electron chi connectivity index (χ2n) is 2.77. The van der Waals surface area contributed by atoms with Gasteiger partial charge in [0.1, 0.15) is 0 Å². The Kier molecular flexibility index (Phi) is 3.15. The summed E-state index contributed by atoms with van der Waals surface area (Å²) < 4.78 is 0. The number of aryl methyl sites for hydroxylation is 1. The minimum absolute atomic E-state index is 0.222. The predicted octanol–water partition coefficient (Wildman–Crippen LogP) is 1.20. The molecular weight excluding hydrogens is 174 g/mol. The first kappa shape index (κ1) is 9.58. The molecule has 0 radical (unpaired) electrons. The lowest BCUT2D eigenvalue weighted by atomic mass is 9.82. The Morgan fingerprint density at radius 3 is 2.58 bits per heavy atom. The van der Waals surface area contributed by atoms with E-state index < -0.39 is 7.12 Å². The summed E-state index contributed by atoms with van der Waals surface area (Å²) in [7, 11) is -1.30. The topological polar surface area (TPSA) is 40.5 Å². The van der Waals surface area contributed by atoms with Crippen LogP contribution in [0.1, 0.15) is 11.1 Å². The third-order valence-corrected chi connectivity index (χ3v) is 2.06. The fourth-order valence-corrected chi connectivity index (χ4v) is 1.18. The molecule has 0 bridgehead atoms. The van der Waals surface area contributed by atoms with Gasteiger partial charge in [0.25, 0.3) is 0 Å². The average Bonchev–Trinajstić information content (AvgIpc) is 1.96. The molecule has 0 aromatic heterocycles. The van der Waals surface area contributed by atoms with E-state index in [9.17, 15) is 0 Å². The van der Waals surface area contributed by atoms with Crippen molar-refractivity contribution >= 4 is 18.7 Å². The van der Waals surface area contributed by atoms with Gasteiger partial charge in [-0.2, -0.15) is 0 Å². The lowest BCUT2D eigenvalue weighted by Crippen LogP contribution is -2.15. The molecule has 12 heavy (non-hydrogen) atoms. The van der Waals surface area contributed by atoms with Crippen molar-refractivity contribution in [2.75, 3.05) is 0 Å². The maximum Gasteiger partial charge on any atom is 0.456 e. The Labute approximate surface area is 76.9 Å². The second-order valence-corrected chi connectivity index (χ2v) is 3.18. The van der Waals surface area contributed by atoms with Crippen LogP contribution in [0, 0.1) is 6.92 Å². The van der Waals surface area contributed by atoms with E-state index in [1.165, 1.54) is 0 Å². The SMILES string of the molecule is Cc1ccc(CB(O)O)cc1Cl. The van der Waals surface area contributed by atoms with Gasteiger partial charge in [0.05, 0.1) is 0 Å². The third kappa shape index (κ3) is 2.52. The molecule has 0 amide bonds. The zero-order valence-electron chi connectivity index (χ0n) is 6.79. The predicted molar refractivity (Wildman–Crippen MR) is 50.1 cm³/mol. The maximum atomic E-state index is 8.68. The second kappa shape index (κ2) is 3.94. The van der Waals surface area contributed by atoms with Crippen LogP contribution >= 0.6 is 11.6 Å². The Bertz CT molecular complexity index is 276. The molecule has 2 nitrogen and oxygen atoms in total. The lowest BCUT2D eigenvalue weighted by Gasteiger charge is -2.02. The first-order valence-electron chi connectivity index (χ1n) is 3.71. The third-order valence-electron chi connectivity index (χ3n) is 1.65. The van der Waals surface area contributed by atoms with Gasteiger partial charge in [0, 0.05) is 11.3 Å². The molecule has 0 saturated carbocycles. The molecule has 0 saturated heterocycles. The molecule has 0 atom stereocenters. The van der Waals surface area contributed by atoms with E-state index in [4.69, 9.17) is 21.6 Å². The van der Waals surface area contributed by atoms with Crippen LogP contribution in [0.25, 0.3) is 0 Å². The highest BCUT2D eigenvalue weighted by atomic mass is 35.5. The van der Waals surface area contributed by atoms with Crippen LogP contribution in [0.5, 0.6) is 0 Å². The Morgan fingerprint density at radius 2 is 2.08 bits per heavy atom. The van der Waals surface area contributed by atoms with Gasteiger partial charge in [0.15, 0.2) is 0 Å². The summed E-state index contributed by atoms with van der Waals surface area (Å²) in [5.41, 5.74) is 1.83. The highest BCUT2D eigenvalue weighted by molar-refractivity contribution is 6.40. The van der Waals surface area contributed by atoms with Crippen LogP contribution in [-0.2, 0) is 6.32 Å². The van der Waals surface area contributed by atoms with Crippen molar-refractivity contribution in [3.63, 3.8) is 0 Å². The molecule has 1 aromatic rings. The number of benzene rings is 1. The normalized spacial score (nSPS) is 10.0. The molecule has 2 N–H and O–H groups in total. The Balaban J connectivity index is 2.82. The highest BCUT2D eigenvalue weighted by Crippen LogP contribution is 2.16. The fourth-order valence-electron chi connectivity index (χ4n) is 0.974. The van der Waals surface area contributed by atoms with Gasteiger partial charge in [-0.25, -0.2) is 0 Å². The first-order valence-corrected chi connectivity index (χ1v) is 4.08. The summed E-state index contributed by atoms with van der Waals surface area (Å²) in [5.74, 6) is 0. The Morgan fingerprint density at radius 1 is 1.42 bits per heavy atom. The zero-order chi connectivity index (χ0) is 9.14. The monoisotopic (exact) mass is 184 g/mol. The summed E-state index contributed by atoms with van der Waals surface area (Å²) in [6.07, 6.45) is 0.222. The smallest absolute Gasteiger partial charge is 0.427 e. The van der Waals surface area contributed by atoms with E-state index in [1.807, 2.05) is 19.1 Å². The minimum Gasteiger partial charge on any atom is -0.427 e. The van der Waals surface area contributed by atoms with Gasteiger partial charge >= 0.3 is 7.12 Å². The molecule has 0 aliphatic rings. The van der Waals surface area contributed by atoms with Crippen molar-refractivity contribution in [1.29, 1.82) is 0 Å². The van der Waals surface area contributed by atoms with Crippen LogP contribution in [0.4, 0.5) is 0 Å². The molecule has 0 aliphatic carbocycles. The summed E-state index contributed by atoms with van der Waals surface area (Å²) in [6, 6.07) is 5.44. The van der Waals surface area contributed by atoms with Crippen LogP contribution in [-0.4, -0.2) is 17.2 Å². The minimum atomic E-state index is -1.30. The fraction of sp³-hybridized carbons (Fsp3) is 0.250. The summed E-state index contributed by atoms with van der Waals surface area (Å²) >= 11 is 5.83. The van der Waals surface area contributed by atoms with Crippen molar-refractivity contribution < 1.29 is 10.0 Å². The quantitative estimate of drug-likeness (QED) is 0.678. The molecule has 0 fully saturated rings. The van der Waals surface area contributed by atoms with Crippen molar-refractivity contribution in [3.05, 3.63) is 34.3 Å². The van der Waals surface area contributed by atoms with Crippen LogP contribution in [0.2, 0.25) is 5.02 Å². The van der Waals surface area contributed by atoms with E-state index >= 15 is 0 Å². The van der Waals surface area contributed by atoms with Crippen molar-refractivity contribution in [2.45, 2.75) is 13.2 Å². The van der Waals surface area contributed by atoms with Crippen LogP contribution in [0.15, 0.2) is 18.2 Å². The van der Waals surface area contributed by atoms with Crippen molar-refractivity contribution in [1.82, 2.24) is 0 Å². The first-order chi connectivity index (χ1) is 5.59. The largest absolute Gasteiger partial charge is 0.456 e. The molecule has 64 valence electrons. The molecule has 4 heteroatoms. The van der Waals surface area contributed by atoms with E-state index in [1.54, 1.807) is 6.07 Å². The lowest BCUT2D eigenvalue weighted by molar-refractivity contribution is 0.405. The standard InChI is InChI=1S/C8H10BClO2/c1-6-2-3-7(4-8(6)10)5-9(11)12/h2-4,11-12H,5H2,1H3. The van der Waals surface area contributed by atoms with E-state index in [2.05, 4.69) is 0 Å². The highest BCUT2D eigenvalue weighted by Gasteiger charge is 2.08. The van der Waals surface area contributed by atoms with Gasteiger partial charge in [-0.05, 0) is 24.1 Å². The van der Waals surface area contributed by atoms with Gasteiger partial charge in [-0.15, -0.1) is 0 Å². The van der Waals surface area contributed by atoms with E-state index in [-0.39, 0.29) is 6.32 Å².